The molecule has 6 aliphatic rings. The number of hydrogen-bond donors (Lipinski definition) is 10. The largest absolute Gasteiger partial charge is 0.509 e. The molecule has 0 aliphatic carbocycles. The van der Waals surface area contributed by atoms with Crippen LogP contribution in [0, 0.1) is 17.8 Å². The molecule has 0 radical (unpaired) electrons. The Bertz CT molecular complexity index is 2060. The molecule has 0 aromatic carbocycles. The van der Waals surface area contributed by atoms with Crippen molar-refractivity contribution in [3.05, 3.63) is 0 Å². The Morgan fingerprint density at radius 3 is 2.02 bits per heavy atom. The van der Waals surface area contributed by atoms with E-state index in [4.69, 9.17) is 61.6 Å². The van der Waals surface area contributed by atoms with Gasteiger partial charge in [0.2, 0.25) is 0 Å². The second kappa shape index (κ2) is 28.4. The number of rotatable bonds is 16. The van der Waals surface area contributed by atoms with Crippen molar-refractivity contribution in [2.75, 3.05) is 61.2 Å². The number of cyclic esters (lactones) is 1. The lowest BCUT2D eigenvalue weighted by Gasteiger charge is -2.49. The van der Waals surface area contributed by atoms with Gasteiger partial charge in [-0.1, -0.05) is 20.8 Å². The molecule has 0 spiro atoms. The fourth-order valence-corrected chi connectivity index (χ4v) is 12.7. The SMILES string of the molecule is CC[C@H]1OC(=O)[C@H](C)[C@H](O[C@H]2C[C@@](C)(OC)[C@@H](OC(=O)NCCO[C@@H]3O[C@H](CO)[C@@H](O[C@@H]4O[C@H](CO)[C@H](O)[C@H](O)[C@H]4O)[C@H](O)[C@H]3O)[C@H](C)O2)[C@@H](C)[C@@H](O[C@@H]2O[C@H](C)C[C@H](N(C)C)[C@H]2O)[C@](C)(O)C[C@@H](C)CN(C)[C@H](C)[C@H]2OC(=O)O[C@@]21C. The smallest absolute Gasteiger partial charge is 0.458 e. The second-order valence-corrected chi connectivity index (χ2v) is 24.3. The molecule has 28 heteroatoms. The third-order valence-electron chi connectivity index (χ3n) is 17.5. The first-order valence-corrected chi connectivity index (χ1v) is 28.5. The monoisotopic (exact) mass is 1190 g/mol. The molecular formula is C54H95N3O25. The number of likely N-dealkylation sites (N-methyl/N-ethyl adjacent to an activating group) is 2. The molecule has 6 saturated heterocycles. The van der Waals surface area contributed by atoms with E-state index in [2.05, 4.69) is 5.32 Å². The molecule has 6 heterocycles. The highest BCUT2D eigenvalue weighted by atomic mass is 16.8. The standard InChI is InChI=1S/C54H95N3O25/c1-15-33-54(10)44(81-51(68)82-54)28(6)57(13)21-24(2)19-52(8,69)43(79-48-35(60)30(56(11)12)18-25(3)72-48)26(4)41(27(5)46(66)76-33)77-34-20-53(9,70-14)45(29(7)73-34)80-50(67)55-16-17-71-47-40(65)38(63)42(32(23-59)75-47)78-49-39(64)37(62)36(61)31(22-58)74-49/h24-45,47-49,58-65,69H,15-23H2,1-14H3,(H,55,67)/t24-,25-,26-,27-,28-,29+,30+,31-,32-,33-,34+,35-,36+,37+,38-,39-,40-,41-,42-,43-,44-,45+,47-,48+,49+,52-,53-,54-/m1/s1. The van der Waals surface area contributed by atoms with E-state index in [1.165, 1.54) is 7.11 Å². The molecule has 6 aliphatic heterocycles. The van der Waals surface area contributed by atoms with Gasteiger partial charge in [0, 0.05) is 44.6 Å². The zero-order valence-corrected chi connectivity index (χ0v) is 49.7. The minimum atomic E-state index is -1.84. The summed E-state index contributed by atoms with van der Waals surface area (Å²) in [4.78, 5) is 45.1. The number of carbonyl (C=O) groups is 3. The number of methoxy groups -OCH3 is 1. The molecule has 28 nitrogen and oxygen atoms in total. The van der Waals surface area contributed by atoms with Crippen LogP contribution in [0.25, 0.3) is 0 Å². The number of nitrogens with zero attached hydrogens (tertiary/aromatic N) is 2. The number of nitrogens with one attached hydrogen (secondary N) is 1. The Morgan fingerprint density at radius 2 is 1.40 bits per heavy atom. The summed E-state index contributed by atoms with van der Waals surface area (Å²) in [7, 11) is 6.99. The average molecular weight is 1190 g/mol. The summed E-state index contributed by atoms with van der Waals surface area (Å²) in [5.41, 5.74) is -4.40. The van der Waals surface area contributed by atoms with Crippen molar-refractivity contribution in [1.29, 1.82) is 0 Å². The van der Waals surface area contributed by atoms with Gasteiger partial charge in [0.05, 0.1) is 55.8 Å². The number of esters is 1. The van der Waals surface area contributed by atoms with Gasteiger partial charge < -0.3 is 118 Å². The van der Waals surface area contributed by atoms with Crippen molar-refractivity contribution in [2.24, 2.45) is 17.8 Å². The number of aliphatic hydroxyl groups is 9. The van der Waals surface area contributed by atoms with E-state index in [0.717, 1.165) is 0 Å². The molecule has 476 valence electrons. The lowest BCUT2D eigenvalue weighted by atomic mass is 9.77. The molecule has 0 unspecified atom stereocenters. The Kier molecular flexibility index (Phi) is 23.6. The summed E-state index contributed by atoms with van der Waals surface area (Å²) in [6, 6.07) is -0.796. The predicted molar refractivity (Wildman–Crippen MR) is 282 cm³/mol. The first-order valence-electron chi connectivity index (χ1n) is 28.5. The fourth-order valence-electron chi connectivity index (χ4n) is 12.7. The molecule has 28 atom stereocenters. The van der Waals surface area contributed by atoms with Gasteiger partial charge in [-0.05, 0) is 94.8 Å². The van der Waals surface area contributed by atoms with Crippen LogP contribution in [-0.2, 0) is 66.4 Å². The Hall–Kier alpha value is -2.79. The van der Waals surface area contributed by atoms with Crippen LogP contribution >= 0.6 is 0 Å². The van der Waals surface area contributed by atoms with Crippen molar-refractivity contribution in [1.82, 2.24) is 15.1 Å². The summed E-state index contributed by atoms with van der Waals surface area (Å²) >= 11 is 0. The summed E-state index contributed by atoms with van der Waals surface area (Å²) in [5, 5.41) is 99.6. The quantitative estimate of drug-likeness (QED) is 0.0475. The van der Waals surface area contributed by atoms with Crippen LogP contribution in [0.2, 0.25) is 0 Å². The lowest BCUT2D eigenvalue weighted by Crippen LogP contribution is -2.64. The Balaban J connectivity index is 1.18. The number of amides is 1. The van der Waals surface area contributed by atoms with E-state index in [-0.39, 0.29) is 50.5 Å². The normalized spacial score (nSPS) is 47.5. The predicted octanol–water partition coefficient (Wildman–Crippen LogP) is -1.54. The number of alkyl carbamates (subject to hydrolysis) is 1. The highest BCUT2D eigenvalue weighted by Gasteiger charge is 2.59. The first-order chi connectivity index (χ1) is 38.4. The molecule has 10 N–H and O–H groups in total. The van der Waals surface area contributed by atoms with Crippen molar-refractivity contribution < 1.29 is 122 Å². The van der Waals surface area contributed by atoms with Crippen LogP contribution in [0.15, 0.2) is 0 Å². The molecule has 0 aromatic heterocycles. The van der Waals surface area contributed by atoms with E-state index in [0.29, 0.717) is 13.0 Å². The second-order valence-electron chi connectivity index (χ2n) is 24.3. The molecule has 1 amide bonds. The van der Waals surface area contributed by atoms with Crippen LogP contribution in [-0.4, -0.2) is 287 Å². The number of ether oxygens (including phenoxy) is 13. The highest BCUT2D eigenvalue weighted by molar-refractivity contribution is 5.73. The molecule has 0 saturated carbocycles. The third-order valence-corrected chi connectivity index (χ3v) is 17.5. The van der Waals surface area contributed by atoms with E-state index >= 15 is 0 Å². The van der Waals surface area contributed by atoms with Crippen molar-refractivity contribution >= 4 is 18.2 Å². The van der Waals surface area contributed by atoms with Gasteiger partial charge in [-0.25, -0.2) is 9.59 Å². The lowest BCUT2D eigenvalue weighted by molar-refractivity contribution is -0.359. The maximum Gasteiger partial charge on any atom is 0.509 e. The maximum atomic E-state index is 14.8. The molecule has 0 aromatic rings. The molecule has 6 fully saturated rings. The number of carbonyl (C=O) groups excluding carboxylic acids is 3. The van der Waals surface area contributed by atoms with Gasteiger partial charge in [0.25, 0.3) is 0 Å². The van der Waals surface area contributed by atoms with E-state index in [1.807, 2.05) is 51.7 Å². The zero-order valence-electron chi connectivity index (χ0n) is 49.7. The van der Waals surface area contributed by atoms with Gasteiger partial charge in [0.1, 0.15) is 66.6 Å². The molecule has 6 rings (SSSR count). The summed E-state index contributed by atoms with van der Waals surface area (Å²) in [6.07, 6.45) is -27.6. The minimum absolute atomic E-state index is 0.0769. The van der Waals surface area contributed by atoms with Crippen molar-refractivity contribution in [3.8, 4) is 0 Å². The average Bonchev–Trinajstić information content (AvgIpc) is 3.21. The van der Waals surface area contributed by atoms with Crippen LogP contribution in [0.5, 0.6) is 0 Å². The summed E-state index contributed by atoms with van der Waals surface area (Å²) in [6.45, 7) is 15.9. The Labute approximate surface area is 479 Å². The van der Waals surface area contributed by atoms with E-state index in [9.17, 15) is 60.3 Å². The number of hydrogen-bond acceptors (Lipinski definition) is 27. The molecule has 82 heavy (non-hydrogen) atoms. The van der Waals surface area contributed by atoms with E-state index in [1.54, 1.807) is 48.5 Å². The molecular weight excluding hydrogens is 1090 g/mol. The van der Waals surface area contributed by atoms with Crippen LogP contribution in [0.1, 0.15) is 94.9 Å². The summed E-state index contributed by atoms with van der Waals surface area (Å²) in [5.74, 6) is -2.99. The number of aliphatic hydroxyl groups excluding tert-OH is 8. The third kappa shape index (κ3) is 15.1. The van der Waals surface area contributed by atoms with Gasteiger partial charge in [0.15, 0.2) is 43.0 Å². The minimum Gasteiger partial charge on any atom is -0.458 e. The van der Waals surface area contributed by atoms with E-state index < -0.39 is 183 Å². The fraction of sp³-hybridized carbons (Fsp3) is 0.944. The summed E-state index contributed by atoms with van der Waals surface area (Å²) < 4.78 is 78.7. The van der Waals surface area contributed by atoms with Gasteiger partial charge in [-0.2, -0.15) is 0 Å². The first kappa shape index (κ1) is 68.3. The topological polar surface area (TPSA) is 372 Å². The zero-order chi connectivity index (χ0) is 61.1. The maximum absolute atomic E-state index is 14.8. The molecule has 0 bridgehead atoms. The van der Waals surface area contributed by atoms with Crippen molar-refractivity contribution in [2.45, 2.75) is 247 Å². The van der Waals surface area contributed by atoms with Gasteiger partial charge in [-0.3, -0.25) is 9.69 Å². The Morgan fingerprint density at radius 1 is 0.768 bits per heavy atom. The van der Waals surface area contributed by atoms with Crippen LogP contribution in [0.3, 0.4) is 0 Å². The number of fused-ring (bicyclic) bond motifs is 1. The van der Waals surface area contributed by atoms with Crippen molar-refractivity contribution in [3.63, 3.8) is 0 Å². The van der Waals surface area contributed by atoms with Gasteiger partial charge >= 0.3 is 18.2 Å². The highest BCUT2D eigenvalue weighted by Crippen LogP contribution is 2.43. The van der Waals surface area contributed by atoms with Gasteiger partial charge in [-0.15, -0.1) is 0 Å². The van der Waals surface area contributed by atoms with Crippen LogP contribution in [0.4, 0.5) is 9.59 Å². The van der Waals surface area contributed by atoms with Crippen LogP contribution < -0.4 is 5.32 Å².